The predicted octanol–water partition coefficient (Wildman–Crippen LogP) is 3.38. The Morgan fingerprint density at radius 2 is 1.81 bits per heavy atom. The maximum atomic E-state index is 14.0. The molecule has 0 spiro atoms. The summed E-state index contributed by atoms with van der Waals surface area (Å²) in [4.78, 5) is 35.0. The van der Waals surface area contributed by atoms with E-state index in [1.807, 2.05) is 24.3 Å². The molecule has 11 heteroatoms. The summed E-state index contributed by atoms with van der Waals surface area (Å²) in [6, 6.07) is 13.1. The minimum Gasteiger partial charge on any atom is -0.380 e. The van der Waals surface area contributed by atoms with Gasteiger partial charge in [-0.1, -0.05) is 12.1 Å². The van der Waals surface area contributed by atoms with E-state index in [4.69, 9.17) is 12.3 Å². The number of pyridine rings is 1. The fraction of sp³-hybridized carbons (Fsp3) is 0.231. The second-order valence-electron chi connectivity index (χ2n) is 8.40. The number of piperazine rings is 1. The number of halogens is 2. The maximum Gasteiger partial charge on any atom is 0.302 e. The number of nitrogens with one attached hydrogen (secondary N) is 2. The van der Waals surface area contributed by atoms with Crippen LogP contribution < -0.4 is 21.3 Å². The monoisotopic (exact) mass is 505 g/mol. The molecule has 1 aliphatic heterocycles. The third-order valence-electron chi connectivity index (χ3n) is 6.02. The smallest absolute Gasteiger partial charge is 0.302 e. The third kappa shape index (κ3) is 6.10. The molecule has 1 aromatic heterocycles. The highest BCUT2D eigenvalue weighted by Crippen LogP contribution is 2.25. The standard InChI is InChI=1S/C26H25F2N7O2/c1-30-16-24(36)35-11-9-34(10-12-35)19-7-5-18(6-8-19)33-23-13-22(20(15-32-23)26(29)37)31-14-17-3-2-4-21(27)25(17)28/h2-8,13,15H,9-12,14,16H2,(H2,29,37)(H2,31,32,33). The van der Waals surface area contributed by atoms with Gasteiger partial charge in [-0.25, -0.2) is 20.3 Å². The van der Waals surface area contributed by atoms with E-state index >= 15 is 0 Å². The Balaban J connectivity index is 1.42. The molecule has 2 aromatic carbocycles. The van der Waals surface area contributed by atoms with E-state index in [0.29, 0.717) is 37.7 Å². The fourth-order valence-corrected chi connectivity index (χ4v) is 4.03. The van der Waals surface area contributed by atoms with Gasteiger partial charge in [-0.05, 0) is 30.3 Å². The molecular formula is C26H25F2N7O2. The average molecular weight is 506 g/mol. The van der Waals surface area contributed by atoms with Crippen LogP contribution >= 0.6 is 0 Å². The lowest BCUT2D eigenvalue weighted by molar-refractivity contribution is -0.129. The molecule has 0 aliphatic carbocycles. The molecule has 1 fully saturated rings. The third-order valence-corrected chi connectivity index (χ3v) is 6.02. The highest BCUT2D eigenvalue weighted by Gasteiger charge is 2.22. The predicted molar refractivity (Wildman–Crippen MR) is 136 cm³/mol. The molecule has 0 unspecified atom stereocenters. The number of anilines is 4. The first-order chi connectivity index (χ1) is 17.9. The highest BCUT2D eigenvalue weighted by atomic mass is 19.2. The number of benzene rings is 2. The van der Waals surface area contributed by atoms with E-state index in [0.717, 1.165) is 17.4 Å². The molecule has 3 aromatic rings. The number of aromatic nitrogens is 1. The normalized spacial score (nSPS) is 13.1. The molecule has 190 valence electrons. The van der Waals surface area contributed by atoms with Gasteiger partial charge in [-0.15, -0.1) is 0 Å². The number of primary amides is 1. The van der Waals surface area contributed by atoms with Gasteiger partial charge < -0.3 is 31.0 Å². The van der Waals surface area contributed by atoms with Crippen molar-refractivity contribution in [2.75, 3.05) is 48.3 Å². The van der Waals surface area contributed by atoms with Gasteiger partial charge in [0.05, 0.1) is 11.3 Å². The molecule has 9 nitrogen and oxygen atoms in total. The largest absolute Gasteiger partial charge is 0.380 e. The Labute approximate surface area is 212 Å². The molecule has 2 heterocycles. The van der Waals surface area contributed by atoms with Crippen LogP contribution in [0.1, 0.15) is 15.9 Å². The molecule has 0 atom stereocenters. The lowest BCUT2D eigenvalue weighted by atomic mass is 10.1. The topological polar surface area (TPSA) is 108 Å². The van der Waals surface area contributed by atoms with Gasteiger partial charge in [-0.3, -0.25) is 9.59 Å². The number of hydrogen-bond acceptors (Lipinski definition) is 6. The van der Waals surface area contributed by atoms with Crippen molar-refractivity contribution in [3.05, 3.63) is 88.9 Å². The van der Waals surface area contributed by atoms with Crippen molar-refractivity contribution >= 4 is 34.7 Å². The summed E-state index contributed by atoms with van der Waals surface area (Å²) in [5.41, 5.74) is 7.75. The fourth-order valence-electron chi connectivity index (χ4n) is 4.03. The number of nitrogens with two attached hydrogens (primary N) is 1. The van der Waals surface area contributed by atoms with Crippen LogP contribution in [0.2, 0.25) is 0 Å². The zero-order valence-electron chi connectivity index (χ0n) is 19.9. The SMILES string of the molecule is [C-]#[N+]CC(=O)N1CCN(c2ccc(Nc3cc(NCc4cccc(F)c4F)c(C(N)=O)cn3)cc2)CC1. The quantitative estimate of drug-likeness (QED) is 0.405. The number of carbonyl (C=O) groups excluding carboxylic acids is 2. The van der Waals surface area contributed by atoms with Crippen molar-refractivity contribution in [2.45, 2.75) is 6.54 Å². The lowest BCUT2D eigenvalue weighted by Crippen LogP contribution is -2.49. The highest BCUT2D eigenvalue weighted by molar-refractivity contribution is 5.98. The van der Waals surface area contributed by atoms with Gasteiger partial charge in [0, 0.05) is 61.9 Å². The number of amides is 2. The van der Waals surface area contributed by atoms with Gasteiger partial charge in [0.2, 0.25) is 0 Å². The van der Waals surface area contributed by atoms with Gasteiger partial charge in [0.1, 0.15) is 5.82 Å². The zero-order valence-corrected chi connectivity index (χ0v) is 19.9. The van der Waals surface area contributed by atoms with E-state index in [1.165, 1.54) is 18.3 Å². The van der Waals surface area contributed by atoms with Crippen LogP contribution in [0.4, 0.5) is 31.7 Å². The van der Waals surface area contributed by atoms with Crippen LogP contribution in [0.5, 0.6) is 0 Å². The summed E-state index contributed by atoms with van der Waals surface area (Å²) < 4.78 is 27.5. The second-order valence-corrected chi connectivity index (χ2v) is 8.40. The Bertz CT molecular complexity index is 1330. The molecule has 2 amide bonds. The minimum absolute atomic E-state index is 0.0568. The Morgan fingerprint density at radius 3 is 2.49 bits per heavy atom. The summed E-state index contributed by atoms with van der Waals surface area (Å²) in [6.07, 6.45) is 1.32. The van der Waals surface area contributed by atoms with E-state index in [9.17, 15) is 18.4 Å². The van der Waals surface area contributed by atoms with Crippen molar-refractivity contribution in [3.8, 4) is 0 Å². The number of rotatable bonds is 8. The number of nitrogens with zero attached hydrogens (tertiary/aromatic N) is 4. The summed E-state index contributed by atoms with van der Waals surface area (Å²) in [7, 11) is 0. The van der Waals surface area contributed by atoms with Crippen LogP contribution in [-0.2, 0) is 11.3 Å². The van der Waals surface area contributed by atoms with Crippen molar-refractivity contribution < 1.29 is 18.4 Å². The molecule has 1 aliphatic rings. The molecule has 4 rings (SSSR count). The molecule has 0 bridgehead atoms. The minimum atomic E-state index is -0.959. The van der Waals surface area contributed by atoms with E-state index in [2.05, 4.69) is 25.4 Å². The van der Waals surface area contributed by atoms with E-state index in [1.54, 1.807) is 11.0 Å². The van der Waals surface area contributed by atoms with Gasteiger partial charge in [0.25, 0.3) is 12.5 Å². The molecule has 1 saturated heterocycles. The molecule has 0 radical (unpaired) electrons. The van der Waals surface area contributed by atoms with E-state index < -0.39 is 17.5 Å². The first-order valence-electron chi connectivity index (χ1n) is 11.6. The van der Waals surface area contributed by atoms with Crippen LogP contribution in [0, 0.1) is 18.2 Å². The second kappa shape index (κ2) is 11.3. The summed E-state index contributed by atoms with van der Waals surface area (Å²) in [5, 5.41) is 6.10. The lowest BCUT2D eigenvalue weighted by Gasteiger charge is -2.35. The molecule has 0 saturated carbocycles. The molecular weight excluding hydrogens is 480 g/mol. The molecule has 4 N–H and O–H groups in total. The van der Waals surface area contributed by atoms with Crippen molar-refractivity contribution in [1.29, 1.82) is 0 Å². The Morgan fingerprint density at radius 1 is 1.08 bits per heavy atom. The van der Waals surface area contributed by atoms with Crippen molar-refractivity contribution in [2.24, 2.45) is 5.73 Å². The number of hydrogen-bond donors (Lipinski definition) is 3. The first kappa shape index (κ1) is 25.4. The zero-order chi connectivity index (χ0) is 26.4. The number of carbonyl (C=O) groups is 2. The van der Waals surface area contributed by atoms with Crippen LogP contribution in [0.3, 0.4) is 0 Å². The van der Waals surface area contributed by atoms with Crippen molar-refractivity contribution in [3.63, 3.8) is 0 Å². The van der Waals surface area contributed by atoms with Crippen LogP contribution in [0.15, 0.2) is 54.7 Å². The average Bonchev–Trinajstić information content (AvgIpc) is 2.90. The maximum absolute atomic E-state index is 14.0. The van der Waals surface area contributed by atoms with Crippen LogP contribution in [-0.4, -0.2) is 54.4 Å². The van der Waals surface area contributed by atoms with Crippen molar-refractivity contribution in [1.82, 2.24) is 9.88 Å². The Hall–Kier alpha value is -4.72. The van der Waals surface area contributed by atoms with E-state index in [-0.39, 0.29) is 30.1 Å². The molecule has 37 heavy (non-hydrogen) atoms. The Kier molecular flexibility index (Phi) is 7.78. The summed E-state index contributed by atoms with van der Waals surface area (Å²) in [5.74, 6) is -2.34. The first-order valence-corrected chi connectivity index (χ1v) is 11.6. The summed E-state index contributed by atoms with van der Waals surface area (Å²) >= 11 is 0. The van der Waals surface area contributed by atoms with Crippen LogP contribution in [0.25, 0.3) is 4.85 Å². The summed E-state index contributed by atoms with van der Waals surface area (Å²) in [6.45, 7) is 9.16. The van der Waals surface area contributed by atoms with Gasteiger partial charge in [0.15, 0.2) is 11.6 Å². The van der Waals surface area contributed by atoms with Gasteiger partial charge in [-0.2, -0.15) is 0 Å². The van der Waals surface area contributed by atoms with Gasteiger partial charge >= 0.3 is 5.91 Å².